The summed E-state index contributed by atoms with van der Waals surface area (Å²) >= 11 is 0. The number of hydrogen-bond acceptors (Lipinski definition) is 3. The van der Waals surface area contributed by atoms with Crippen LogP contribution in [0.1, 0.15) is 75.7 Å². The number of carbonyl (C=O) groups excluding carboxylic acids is 1. The van der Waals surface area contributed by atoms with Gasteiger partial charge in [-0.2, -0.15) is 0 Å². The molecular weight excluding hydrogens is 336 g/mol. The molecular formula is C24H32O3. The third-order valence-electron chi connectivity index (χ3n) is 4.89. The zero-order valence-electron chi connectivity index (χ0n) is 16.9. The van der Waals surface area contributed by atoms with Crippen LogP contribution in [0.4, 0.5) is 4.79 Å². The minimum Gasteiger partial charge on any atom is -0.426 e. The highest BCUT2D eigenvalue weighted by Gasteiger charge is 2.19. The Hall–Kier alpha value is -2.29. The van der Waals surface area contributed by atoms with Crippen LogP contribution in [0.2, 0.25) is 0 Å². The summed E-state index contributed by atoms with van der Waals surface area (Å²) in [5.41, 5.74) is 3.31. The number of ether oxygens (including phenoxy) is 2. The van der Waals surface area contributed by atoms with Gasteiger partial charge in [0.25, 0.3) is 0 Å². The smallest absolute Gasteiger partial charge is 0.426 e. The topological polar surface area (TPSA) is 35.5 Å². The van der Waals surface area contributed by atoms with Gasteiger partial charge in [-0.1, -0.05) is 82.5 Å². The summed E-state index contributed by atoms with van der Waals surface area (Å²) in [6.07, 6.45) is 6.24. The van der Waals surface area contributed by atoms with Gasteiger partial charge in [0, 0.05) is 0 Å². The maximum atomic E-state index is 12.5. The van der Waals surface area contributed by atoms with Crippen LogP contribution in [0.25, 0.3) is 0 Å². The zero-order chi connectivity index (χ0) is 19.5. The Kier molecular flexibility index (Phi) is 8.90. The molecule has 2 rings (SSSR count). The van der Waals surface area contributed by atoms with E-state index in [-0.39, 0.29) is 6.10 Å². The predicted molar refractivity (Wildman–Crippen MR) is 110 cm³/mol. The lowest BCUT2D eigenvalue weighted by Crippen LogP contribution is -2.16. The molecule has 3 nitrogen and oxygen atoms in total. The molecule has 0 amide bonds. The van der Waals surface area contributed by atoms with Crippen LogP contribution < -0.4 is 4.74 Å². The number of carbonyl (C=O) groups is 1. The molecule has 0 radical (unpaired) electrons. The first-order chi connectivity index (χ1) is 13.2. The highest BCUT2D eigenvalue weighted by Crippen LogP contribution is 2.27. The molecule has 0 heterocycles. The van der Waals surface area contributed by atoms with E-state index in [0.717, 1.165) is 43.2 Å². The lowest BCUT2D eigenvalue weighted by atomic mass is 10.0. The molecule has 0 spiro atoms. The molecule has 1 atom stereocenters. The fourth-order valence-electron chi connectivity index (χ4n) is 3.39. The first-order valence-corrected chi connectivity index (χ1v) is 10.2. The van der Waals surface area contributed by atoms with Crippen LogP contribution in [-0.4, -0.2) is 6.16 Å². The fraction of sp³-hybridized carbons (Fsp3) is 0.458. The number of hydrogen-bond donors (Lipinski definition) is 0. The summed E-state index contributed by atoms with van der Waals surface area (Å²) in [6, 6.07) is 15.8. The van der Waals surface area contributed by atoms with E-state index in [9.17, 15) is 4.79 Å². The van der Waals surface area contributed by atoms with Gasteiger partial charge in [-0.3, -0.25) is 0 Å². The Morgan fingerprint density at radius 3 is 2.33 bits per heavy atom. The van der Waals surface area contributed by atoms with Crippen molar-refractivity contribution in [1.82, 2.24) is 0 Å². The van der Waals surface area contributed by atoms with Crippen molar-refractivity contribution >= 4 is 6.16 Å². The van der Waals surface area contributed by atoms with E-state index < -0.39 is 6.16 Å². The molecule has 27 heavy (non-hydrogen) atoms. The summed E-state index contributed by atoms with van der Waals surface area (Å²) in [6.45, 7) is 6.38. The van der Waals surface area contributed by atoms with Crippen molar-refractivity contribution < 1.29 is 14.3 Å². The maximum Gasteiger partial charge on any atom is 0.514 e. The Bertz CT molecular complexity index is 694. The molecule has 0 aliphatic carbocycles. The second-order valence-electron chi connectivity index (χ2n) is 6.82. The molecule has 0 aliphatic heterocycles. The van der Waals surface area contributed by atoms with E-state index in [1.807, 2.05) is 42.5 Å². The van der Waals surface area contributed by atoms with E-state index in [0.29, 0.717) is 5.75 Å². The molecule has 0 N–H and O–H groups in total. The van der Waals surface area contributed by atoms with E-state index in [2.05, 4.69) is 26.8 Å². The Morgan fingerprint density at radius 2 is 1.67 bits per heavy atom. The summed E-state index contributed by atoms with van der Waals surface area (Å²) in [5, 5.41) is 0. The van der Waals surface area contributed by atoms with Gasteiger partial charge in [-0.05, 0) is 48.4 Å². The van der Waals surface area contributed by atoms with Crippen LogP contribution in [0.5, 0.6) is 5.75 Å². The molecule has 0 fully saturated rings. The van der Waals surface area contributed by atoms with E-state index in [4.69, 9.17) is 9.47 Å². The SMILES string of the molecule is CCCCCCC(OC(=O)Oc1cccc(CC)c1CC)c1ccccc1. The third-order valence-corrected chi connectivity index (χ3v) is 4.89. The maximum absolute atomic E-state index is 12.5. The monoisotopic (exact) mass is 368 g/mol. The molecule has 2 aromatic rings. The summed E-state index contributed by atoms with van der Waals surface area (Å²) in [5.74, 6) is 0.611. The van der Waals surface area contributed by atoms with Gasteiger partial charge in [0.2, 0.25) is 0 Å². The Labute approximate surface area is 163 Å². The molecule has 0 saturated heterocycles. The van der Waals surface area contributed by atoms with E-state index in [1.54, 1.807) is 0 Å². The Morgan fingerprint density at radius 1 is 0.889 bits per heavy atom. The summed E-state index contributed by atoms with van der Waals surface area (Å²) in [7, 11) is 0. The van der Waals surface area contributed by atoms with Crippen LogP contribution in [0, 0.1) is 0 Å². The standard InChI is InChI=1S/C24H32O3/c1-4-7-8-12-17-22(20-14-10-9-11-15-20)26-24(25)27-23-18-13-16-19(5-2)21(23)6-3/h9-11,13-16,18,22H,4-8,12,17H2,1-3H3. The summed E-state index contributed by atoms with van der Waals surface area (Å²) in [4.78, 5) is 12.5. The number of aryl methyl sites for hydroxylation is 1. The number of unbranched alkanes of at least 4 members (excludes halogenated alkanes) is 3. The second-order valence-corrected chi connectivity index (χ2v) is 6.82. The lowest BCUT2D eigenvalue weighted by Gasteiger charge is -2.19. The number of benzene rings is 2. The highest BCUT2D eigenvalue weighted by atomic mass is 16.7. The average molecular weight is 369 g/mol. The van der Waals surface area contributed by atoms with Gasteiger partial charge in [0.15, 0.2) is 0 Å². The van der Waals surface area contributed by atoms with Gasteiger partial charge in [0.1, 0.15) is 11.9 Å². The van der Waals surface area contributed by atoms with Gasteiger partial charge < -0.3 is 9.47 Å². The van der Waals surface area contributed by atoms with Crippen molar-refractivity contribution in [2.24, 2.45) is 0 Å². The quantitative estimate of drug-likeness (QED) is 0.256. The zero-order valence-corrected chi connectivity index (χ0v) is 16.9. The Balaban J connectivity index is 2.07. The van der Waals surface area contributed by atoms with Crippen LogP contribution in [0.15, 0.2) is 48.5 Å². The molecule has 146 valence electrons. The summed E-state index contributed by atoms with van der Waals surface area (Å²) < 4.78 is 11.3. The van der Waals surface area contributed by atoms with Crippen molar-refractivity contribution in [3.63, 3.8) is 0 Å². The van der Waals surface area contributed by atoms with E-state index >= 15 is 0 Å². The van der Waals surface area contributed by atoms with Crippen molar-refractivity contribution in [1.29, 1.82) is 0 Å². The third kappa shape index (κ3) is 6.42. The van der Waals surface area contributed by atoms with Gasteiger partial charge in [0.05, 0.1) is 0 Å². The molecule has 3 heteroatoms. The molecule has 0 aliphatic rings. The van der Waals surface area contributed by atoms with E-state index in [1.165, 1.54) is 18.4 Å². The molecule has 1 unspecified atom stereocenters. The van der Waals surface area contributed by atoms with Gasteiger partial charge in [-0.15, -0.1) is 0 Å². The van der Waals surface area contributed by atoms with Crippen LogP contribution in [-0.2, 0) is 17.6 Å². The number of rotatable bonds is 10. The van der Waals surface area contributed by atoms with Crippen molar-refractivity contribution in [3.05, 3.63) is 65.2 Å². The lowest BCUT2D eigenvalue weighted by molar-refractivity contribution is 0.0525. The van der Waals surface area contributed by atoms with Crippen LogP contribution >= 0.6 is 0 Å². The van der Waals surface area contributed by atoms with Gasteiger partial charge in [-0.25, -0.2) is 4.79 Å². The minimum atomic E-state index is -0.623. The predicted octanol–water partition coefficient (Wildman–Crippen LogP) is 7.04. The molecule has 0 bridgehead atoms. The fourth-order valence-corrected chi connectivity index (χ4v) is 3.39. The largest absolute Gasteiger partial charge is 0.514 e. The highest BCUT2D eigenvalue weighted by molar-refractivity contribution is 5.65. The second kappa shape index (κ2) is 11.4. The molecule has 0 aromatic heterocycles. The van der Waals surface area contributed by atoms with Crippen molar-refractivity contribution in [3.8, 4) is 5.75 Å². The molecule has 0 saturated carbocycles. The first kappa shape index (κ1) is 21.0. The average Bonchev–Trinajstić information content (AvgIpc) is 2.70. The first-order valence-electron chi connectivity index (χ1n) is 10.2. The van der Waals surface area contributed by atoms with Crippen molar-refractivity contribution in [2.75, 3.05) is 0 Å². The van der Waals surface area contributed by atoms with Crippen molar-refractivity contribution in [2.45, 2.75) is 71.8 Å². The normalized spacial score (nSPS) is 11.8. The molecule has 2 aromatic carbocycles. The van der Waals surface area contributed by atoms with Gasteiger partial charge >= 0.3 is 6.16 Å². The minimum absolute atomic E-state index is 0.269. The van der Waals surface area contributed by atoms with Crippen LogP contribution in [0.3, 0.4) is 0 Å².